The third kappa shape index (κ3) is 5.20. The fraction of sp³-hybridized carbons (Fsp3) is 0.300. The molecule has 1 aromatic carbocycles. The lowest BCUT2D eigenvalue weighted by Gasteiger charge is -2.08. The number of halogens is 1. The molecular formula is C20H23FN4O2. The lowest BCUT2D eigenvalue weighted by atomic mass is 10.1. The number of carbonyl (C=O) groups excluding carboxylic acids is 1. The average Bonchev–Trinajstić information content (AvgIpc) is 3.07. The van der Waals surface area contributed by atoms with Crippen molar-refractivity contribution in [2.45, 2.75) is 26.3 Å². The van der Waals surface area contributed by atoms with E-state index in [2.05, 4.69) is 20.6 Å². The van der Waals surface area contributed by atoms with Gasteiger partial charge in [-0.05, 0) is 42.2 Å². The monoisotopic (exact) mass is 370 g/mol. The molecule has 7 heteroatoms. The summed E-state index contributed by atoms with van der Waals surface area (Å²) in [6.07, 6.45) is 5.07. The number of aromatic amines is 1. The summed E-state index contributed by atoms with van der Waals surface area (Å²) in [6, 6.07) is 8.04. The molecule has 0 unspecified atom stereocenters. The summed E-state index contributed by atoms with van der Waals surface area (Å²) < 4.78 is 18.8. The van der Waals surface area contributed by atoms with Crippen LogP contribution < -0.4 is 15.4 Å². The maximum atomic E-state index is 13.4. The lowest BCUT2D eigenvalue weighted by molar-refractivity contribution is 0.240. The summed E-state index contributed by atoms with van der Waals surface area (Å²) in [7, 11) is 0. The van der Waals surface area contributed by atoms with E-state index < -0.39 is 0 Å². The lowest BCUT2D eigenvalue weighted by Crippen LogP contribution is -2.36. The van der Waals surface area contributed by atoms with Crippen molar-refractivity contribution in [3.8, 4) is 5.88 Å². The van der Waals surface area contributed by atoms with Crippen LogP contribution in [-0.2, 0) is 13.0 Å². The van der Waals surface area contributed by atoms with Gasteiger partial charge in [0.05, 0.1) is 6.61 Å². The van der Waals surface area contributed by atoms with Crippen LogP contribution >= 0.6 is 0 Å². The molecule has 0 spiro atoms. The standard InChI is InChI=1S/C20H23FN4O2/c1-2-9-27-19-6-3-14(11-24-19)12-25-20(26)22-8-7-15-13-23-18-5-4-16(21)10-17(15)18/h3-6,10-11,13,23H,2,7-9,12H2,1H3,(H2,22,25,26). The molecule has 0 radical (unpaired) electrons. The van der Waals surface area contributed by atoms with Gasteiger partial charge in [0.15, 0.2) is 0 Å². The Bertz CT molecular complexity index is 893. The Morgan fingerprint density at radius 2 is 2.15 bits per heavy atom. The molecule has 0 aliphatic heterocycles. The van der Waals surface area contributed by atoms with E-state index in [0.29, 0.717) is 32.0 Å². The maximum Gasteiger partial charge on any atom is 0.315 e. The predicted molar refractivity (Wildman–Crippen MR) is 102 cm³/mol. The number of nitrogens with one attached hydrogen (secondary N) is 3. The van der Waals surface area contributed by atoms with Gasteiger partial charge in [-0.3, -0.25) is 0 Å². The van der Waals surface area contributed by atoms with Crippen molar-refractivity contribution < 1.29 is 13.9 Å². The van der Waals surface area contributed by atoms with Crippen LogP contribution in [0.4, 0.5) is 9.18 Å². The molecule has 3 aromatic rings. The van der Waals surface area contributed by atoms with Gasteiger partial charge in [-0.25, -0.2) is 14.2 Å². The molecule has 0 bridgehead atoms. The first-order valence-corrected chi connectivity index (χ1v) is 9.00. The van der Waals surface area contributed by atoms with Crippen LogP contribution in [0.3, 0.4) is 0 Å². The molecule has 0 atom stereocenters. The maximum absolute atomic E-state index is 13.4. The number of pyridine rings is 1. The summed E-state index contributed by atoms with van der Waals surface area (Å²) in [5.74, 6) is 0.314. The molecule has 0 saturated carbocycles. The highest BCUT2D eigenvalue weighted by Gasteiger charge is 2.06. The Balaban J connectivity index is 1.42. The molecule has 6 nitrogen and oxygen atoms in total. The number of urea groups is 1. The van der Waals surface area contributed by atoms with Crippen LogP contribution in [0.1, 0.15) is 24.5 Å². The highest BCUT2D eigenvalue weighted by Crippen LogP contribution is 2.19. The molecule has 0 aliphatic carbocycles. The van der Waals surface area contributed by atoms with Gasteiger partial charge in [-0.15, -0.1) is 0 Å². The second-order valence-electron chi connectivity index (χ2n) is 6.22. The Hall–Kier alpha value is -3.09. The van der Waals surface area contributed by atoms with E-state index in [9.17, 15) is 9.18 Å². The van der Waals surface area contributed by atoms with Gasteiger partial charge in [0.2, 0.25) is 5.88 Å². The second-order valence-corrected chi connectivity index (χ2v) is 6.22. The number of ether oxygens (including phenoxy) is 1. The first-order chi connectivity index (χ1) is 13.2. The zero-order valence-electron chi connectivity index (χ0n) is 15.2. The molecule has 0 aliphatic rings. The molecule has 27 heavy (non-hydrogen) atoms. The van der Waals surface area contributed by atoms with E-state index in [0.717, 1.165) is 28.5 Å². The van der Waals surface area contributed by atoms with Crippen LogP contribution in [0.2, 0.25) is 0 Å². The Morgan fingerprint density at radius 1 is 1.26 bits per heavy atom. The Morgan fingerprint density at radius 3 is 2.93 bits per heavy atom. The van der Waals surface area contributed by atoms with Crippen LogP contribution in [0.5, 0.6) is 5.88 Å². The minimum absolute atomic E-state index is 0.257. The third-order valence-corrected chi connectivity index (χ3v) is 4.11. The van der Waals surface area contributed by atoms with Gasteiger partial charge >= 0.3 is 6.03 Å². The topological polar surface area (TPSA) is 79.0 Å². The van der Waals surface area contributed by atoms with Gasteiger partial charge < -0.3 is 20.4 Å². The van der Waals surface area contributed by atoms with E-state index in [-0.39, 0.29) is 11.8 Å². The van der Waals surface area contributed by atoms with Gasteiger partial charge in [-0.2, -0.15) is 0 Å². The Labute approximate surface area is 157 Å². The largest absolute Gasteiger partial charge is 0.478 e. The van der Waals surface area contributed by atoms with Crippen molar-refractivity contribution >= 4 is 16.9 Å². The van der Waals surface area contributed by atoms with Crippen molar-refractivity contribution in [3.63, 3.8) is 0 Å². The van der Waals surface area contributed by atoms with Gasteiger partial charge in [0.25, 0.3) is 0 Å². The molecule has 0 saturated heterocycles. The molecule has 2 aromatic heterocycles. The van der Waals surface area contributed by atoms with E-state index in [1.165, 1.54) is 12.1 Å². The number of benzene rings is 1. The normalized spacial score (nSPS) is 10.7. The number of rotatable bonds is 8. The van der Waals surface area contributed by atoms with Crippen molar-refractivity contribution in [1.29, 1.82) is 0 Å². The van der Waals surface area contributed by atoms with Crippen LogP contribution in [-0.4, -0.2) is 29.2 Å². The molecule has 3 N–H and O–H groups in total. The summed E-state index contributed by atoms with van der Waals surface area (Å²) in [6.45, 7) is 3.51. The number of amides is 2. The van der Waals surface area contributed by atoms with Crippen molar-refractivity contribution in [2.24, 2.45) is 0 Å². The van der Waals surface area contributed by atoms with Crippen molar-refractivity contribution in [1.82, 2.24) is 20.6 Å². The zero-order valence-corrected chi connectivity index (χ0v) is 15.2. The number of aromatic nitrogens is 2. The van der Waals surface area contributed by atoms with E-state index in [1.807, 2.05) is 19.2 Å². The minimum Gasteiger partial charge on any atom is -0.478 e. The molecule has 142 valence electrons. The van der Waals surface area contributed by atoms with E-state index in [4.69, 9.17) is 4.74 Å². The first kappa shape index (κ1) is 18.7. The number of H-pyrrole nitrogens is 1. The van der Waals surface area contributed by atoms with Gasteiger partial charge in [-0.1, -0.05) is 13.0 Å². The van der Waals surface area contributed by atoms with Crippen molar-refractivity contribution in [2.75, 3.05) is 13.2 Å². The molecule has 2 amide bonds. The number of carbonyl (C=O) groups is 1. The predicted octanol–water partition coefficient (Wildman–Crippen LogP) is 3.53. The number of nitrogens with zero attached hydrogens (tertiary/aromatic N) is 1. The van der Waals surface area contributed by atoms with Crippen LogP contribution in [0.25, 0.3) is 10.9 Å². The highest BCUT2D eigenvalue weighted by atomic mass is 19.1. The zero-order chi connectivity index (χ0) is 19.1. The first-order valence-electron chi connectivity index (χ1n) is 9.00. The van der Waals surface area contributed by atoms with E-state index in [1.54, 1.807) is 18.3 Å². The fourth-order valence-corrected chi connectivity index (χ4v) is 2.72. The van der Waals surface area contributed by atoms with Crippen LogP contribution in [0.15, 0.2) is 42.7 Å². The third-order valence-electron chi connectivity index (χ3n) is 4.11. The molecule has 0 fully saturated rings. The van der Waals surface area contributed by atoms with E-state index >= 15 is 0 Å². The highest BCUT2D eigenvalue weighted by molar-refractivity contribution is 5.83. The summed E-state index contributed by atoms with van der Waals surface area (Å²) in [4.78, 5) is 19.2. The summed E-state index contributed by atoms with van der Waals surface area (Å²) >= 11 is 0. The number of hydrogen-bond donors (Lipinski definition) is 3. The fourth-order valence-electron chi connectivity index (χ4n) is 2.72. The van der Waals surface area contributed by atoms with Gasteiger partial charge in [0.1, 0.15) is 5.82 Å². The SMILES string of the molecule is CCCOc1ccc(CNC(=O)NCCc2c[nH]c3ccc(F)cc23)cn1. The molecule has 2 heterocycles. The van der Waals surface area contributed by atoms with Gasteiger partial charge in [0, 0.05) is 42.5 Å². The average molecular weight is 370 g/mol. The minimum atomic E-state index is -0.270. The number of fused-ring (bicyclic) bond motifs is 1. The second kappa shape index (κ2) is 9.02. The Kier molecular flexibility index (Phi) is 6.25. The summed E-state index contributed by atoms with van der Waals surface area (Å²) in [5.41, 5.74) is 2.74. The smallest absolute Gasteiger partial charge is 0.315 e. The number of hydrogen-bond acceptors (Lipinski definition) is 3. The molecular weight excluding hydrogens is 347 g/mol. The summed E-state index contributed by atoms with van der Waals surface area (Å²) in [5, 5.41) is 6.44. The molecule has 3 rings (SSSR count). The quantitative estimate of drug-likeness (QED) is 0.567. The van der Waals surface area contributed by atoms with Crippen LogP contribution in [0, 0.1) is 5.82 Å². The van der Waals surface area contributed by atoms with Crippen molar-refractivity contribution in [3.05, 3.63) is 59.7 Å².